The lowest BCUT2D eigenvalue weighted by atomic mass is 10.2. The van der Waals surface area contributed by atoms with Gasteiger partial charge in [-0.15, -0.1) is 22.6 Å². The van der Waals surface area contributed by atoms with Gasteiger partial charge < -0.3 is 9.47 Å². The maximum absolute atomic E-state index is 6.56. The SMILES string of the molecule is Cc1nc2ccccc2n2c(-c3cc(OCCN4CCOCC4)ccc3Cl)nnc12.Cl. The van der Waals surface area contributed by atoms with Crippen LogP contribution in [0.5, 0.6) is 5.75 Å². The monoisotopic (exact) mass is 459 g/mol. The van der Waals surface area contributed by atoms with Gasteiger partial charge in [0, 0.05) is 25.2 Å². The zero-order valence-corrected chi connectivity index (χ0v) is 18.7. The minimum atomic E-state index is 0. The van der Waals surface area contributed by atoms with Gasteiger partial charge in [-0.05, 0) is 37.3 Å². The summed E-state index contributed by atoms with van der Waals surface area (Å²) in [7, 11) is 0. The van der Waals surface area contributed by atoms with Crippen molar-refractivity contribution in [2.24, 2.45) is 0 Å². The molecule has 0 spiro atoms. The molecule has 0 N–H and O–H groups in total. The molecule has 1 aliphatic rings. The van der Waals surface area contributed by atoms with E-state index < -0.39 is 0 Å². The summed E-state index contributed by atoms with van der Waals surface area (Å²) in [5.41, 5.74) is 4.15. The van der Waals surface area contributed by atoms with Crippen molar-refractivity contribution in [3.05, 3.63) is 53.2 Å². The van der Waals surface area contributed by atoms with Gasteiger partial charge in [0.25, 0.3) is 0 Å². The first-order valence-corrected chi connectivity index (χ1v) is 10.4. The number of halogens is 2. The van der Waals surface area contributed by atoms with Gasteiger partial charge in [-0.25, -0.2) is 4.98 Å². The van der Waals surface area contributed by atoms with Crippen molar-refractivity contribution >= 4 is 40.7 Å². The minimum Gasteiger partial charge on any atom is -0.492 e. The van der Waals surface area contributed by atoms with Crippen LogP contribution in [0.1, 0.15) is 5.69 Å². The first-order valence-electron chi connectivity index (χ1n) is 10.0. The molecule has 162 valence electrons. The smallest absolute Gasteiger partial charge is 0.183 e. The summed E-state index contributed by atoms with van der Waals surface area (Å²) in [5, 5.41) is 9.41. The first-order chi connectivity index (χ1) is 14.7. The van der Waals surface area contributed by atoms with Crippen LogP contribution in [-0.4, -0.2) is 63.9 Å². The first kappa shape index (κ1) is 21.8. The molecule has 9 heteroatoms. The van der Waals surface area contributed by atoms with Crippen molar-refractivity contribution in [3.8, 4) is 17.1 Å². The molecule has 1 fully saturated rings. The Morgan fingerprint density at radius 1 is 1.10 bits per heavy atom. The molecule has 7 nitrogen and oxygen atoms in total. The third-order valence-electron chi connectivity index (χ3n) is 5.36. The fourth-order valence-electron chi connectivity index (χ4n) is 3.78. The molecule has 5 rings (SSSR count). The third kappa shape index (κ3) is 4.32. The Bertz CT molecular complexity index is 1210. The summed E-state index contributed by atoms with van der Waals surface area (Å²) in [5.74, 6) is 1.44. The molecule has 31 heavy (non-hydrogen) atoms. The van der Waals surface area contributed by atoms with Gasteiger partial charge in [0.05, 0.1) is 35.0 Å². The molecule has 0 aliphatic carbocycles. The van der Waals surface area contributed by atoms with Gasteiger partial charge in [-0.2, -0.15) is 0 Å². The second-order valence-electron chi connectivity index (χ2n) is 7.31. The van der Waals surface area contributed by atoms with Crippen molar-refractivity contribution in [3.63, 3.8) is 0 Å². The maximum Gasteiger partial charge on any atom is 0.183 e. The number of morpholine rings is 1. The van der Waals surface area contributed by atoms with Crippen LogP contribution in [0.2, 0.25) is 5.02 Å². The zero-order chi connectivity index (χ0) is 20.5. The van der Waals surface area contributed by atoms with Crippen LogP contribution >= 0.6 is 24.0 Å². The van der Waals surface area contributed by atoms with Crippen LogP contribution in [0.15, 0.2) is 42.5 Å². The second-order valence-corrected chi connectivity index (χ2v) is 7.72. The molecular formula is C22H23Cl2N5O2. The van der Waals surface area contributed by atoms with Crippen molar-refractivity contribution < 1.29 is 9.47 Å². The summed E-state index contributed by atoms with van der Waals surface area (Å²) in [6, 6.07) is 13.6. The van der Waals surface area contributed by atoms with Crippen LogP contribution < -0.4 is 4.74 Å². The number of benzene rings is 2. The van der Waals surface area contributed by atoms with E-state index in [1.54, 1.807) is 0 Å². The van der Waals surface area contributed by atoms with Gasteiger partial charge in [0.2, 0.25) is 0 Å². The van der Waals surface area contributed by atoms with Crippen molar-refractivity contribution in [2.45, 2.75) is 6.92 Å². The molecular weight excluding hydrogens is 437 g/mol. The highest BCUT2D eigenvalue weighted by Gasteiger charge is 2.17. The molecule has 3 heterocycles. The third-order valence-corrected chi connectivity index (χ3v) is 5.69. The van der Waals surface area contributed by atoms with E-state index in [0.717, 1.165) is 66.5 Å². The van der Waals surface area contributed by atoms with Crippen LogP contribution in [0.4, 0.5) is 0 Å². The lowest BCUT2D eigenvalue weighted by molar-refractivity contribution is 0.0322. The second kappa shape index (κ2) is 9.36. The number of nitrogens with zero attached hydrogens (tertiary/aromatic N) is 5. The predicted molar refractivity (Wildman–Crippen MR) is 123 cm³/mol. The topological polar surface area (TPSA) is 64.8 Å². The molecule has 2 aromatic heterocycles. The molecule has 0 bridgehead atoms. The van der Waals surface area contributed by atoms with Gasteiger partial charge in [0.1, 0.15) is 12.4 Å². The lowest BCUT2D eigenvalue weighted by Gasteiger charge is -2.26. The summed E-state index contributed by atoms with van der Waals surface area (Å²) >= 11 is 6.56. The van der Waals surface area contributed by atoms with E-state index in [4.69, 9.17) is 21.1 Å². The van der Waals surface area contributed by atoms with Gasteiger partial charge in [-0.1, -0.05) is 23.7 Å². The fraction of sp³-hybridized carbons (Fsp3) is 0.318. The van der Waals surface area contributed by atoms with E-state index in [0.29, 0.717) is 17.5 Å². The standard InChI is InChI=1S/C22H22ClN5O2.ClH/c1-15-21-25-26-22(28(21)20-5-3-2-4-19(20)24-15)17-14-16(6-7-18(17)23)30-13-10-27-8-11-29-12-9-27;/h2-7,14H,8-13H2,1H3;1H. The molecule has 0 unspecified atom stereocenters. The van der Waals surface area contributed by atoms with E-state index in [2.05, 4.69) is 20.1 Å². The Morgan fingerprint density at radius 2 is 1.90 bits per heavy atom. The Kier molecular flexibility index (Phi) is 6.57. The Balaban J connectivity index is 0.00000231. The highest BCUT2D eigenvalue weighted by molar-refractivity contribution is 6.33. The van der Waals surface area contributed by atoms with Crippen molar-refractivity contribution in [2.75, 3.05) is 39.5 Å². The molecule has 1 saturated heterocycles. The van der Waals surface area contributed by atoms with Crippen LogP contribution in [-0.2, 0) is 4.74 Å². The largest absolute Gasteiger partial charge is 0.492 e. The van der Waals surface area contributed by atoms with Crippen molar-refractivity contribution in [1.82, 2.24) is 24.5 Å². The number of para-hydroxylation sites is 2. The highest BCUT2D eigenvalue weighted by atomic mass is 35.5. The molecule has 1 aliphatic heterocycles. The summed E-state index contributed by atoms with van der Waals surface area (Å²) in [6.45, 7) is 6.87. The van der Waals surface area contributed by atoms with Crippen LogP contribution in [0, 0.1) is 6.92 Å². The maximum atomic E-state index is 6.56. The highest BCUT2D eigenvalue weighted by Crippen LogP contribution is 2.32. The van der Waals surface area contributed by atoms with Crippen LogP contribution in [0.3, 0.4) is 0 Å². The van der Waals surface area contributed by atoms with E-state index in [1.807, 2.05) is 53.8 Å². The number of hydrogen-bond donors (Lipinski definition) is 0. The number of rotatable bonds is 5. The minimum absolute atomic E-state index is 0. The normalized spacial score (nSPS) is 14.6. The van der Waals surface area contributed by atoms with Crippen molar-refractivity contribution in [1.29, 1.82) is 0 Å². The average Bonchev–Trinajstić information content (AvgIpc) is 3.22. The summed E-state index contributed by atoms with van der Waals surface area (Å²) in [4.78, 5) is 6.98. The van der Waals surface area contributed by atoms with Gasteiger partial charge in [0.15, 0.2) is 11.5 Å². The van der Waals surface area contributed by atoms with E-state index in [1.165, 1.54) is 0 Å². The molecule has 4 aromatic rings. The molecule has 0 amide bonds. The van der Waals surface area contributed by atoms with E-state index in [9.17, 15) is 0 Å². The molecule has 0 saturated carbocycles. The van der Waals surface area contributed by atoms with Gasteiger partial charge in [-0.3, -0.25) is 9.30 Å². The Labute approximate surface area is 191 Å². The number of fused-ring (bicyclic) bond motifs is 3. The molecule has 2 aromatic carbocycles. The number of aryl methyl sites for hydroxylation is 1. The molecule has 0 radical (unpaired) electrons. The predicted octanol–water partition coefficient (Wildman–Crippen LogP) is 4.04. The summed E-state index contributed by atoms with van der Waals surface area (Å²) in [6.07, 6.45) is 0. The Hall–Kier alpha value is -2.45. The average molecular weight is 460 g/mol. The zero-order valence-electron chi connectivity index (χ0n) is 17.1. The summed E-state index contributed by atoms with van der Waals surface area (Å²) < 4.78 is 13.4. The fourth-order valence-corrected chi connectivity index (χ4v) is 3.98. The van der Waals surface area contributed by atoms with E-state index in [-0.39, 0.29) is 12.4 Å². The van der Waals surface area contributed by atoms with E-state index >= 15 is 0 Å². The van der Waals surface area contributed by atoms with Gasteiger partial charge >= 0.3 is 0 Å². The number of aromatic nitrogens is 4. The number of hydrogen-bond acceptors (Lipinski definition) is 6. The lowest BCUT2D eigenvalue weighted by Crippen LogP contribution is -2.38. The number of ether oxygens (including phenoxy) is 2. The quantitative estimate of drug-likeness (QED) is 0.448. The van der Waals surface area contributed by atoms with Crippen LogP contribution in [0.25, 0.3) is 28.1 Å². The molecule has 0 atom stereocenters. The Morgan fingerprint density at radius 3 is 2.74 bits per heavy atom.